The van der Waals surface area contributed by atoms with E-state index in [2.05, 4.69) is 11.4 Å². The van der Waals surface area contributed by atoms with E-state index in [1.54, 1.807) is 6.26 Å². The van der Waals surface area contributed by atoms with Crippen molar-refractivity contribution in [3.63, 3.8) is 0 Å². The van der Waals surface area contributed by atoms with Gasteiger partial charge in [0.1, 0.15) is 5.58 Å². The molecule has 5 heteroatoms. The van der Waals surface area contributed by atoms with E-state index in [-0.39, 0.29) is 25.5 Å². The number of aliphatic hydroxyl groups excluding tert-OH is 1. The van der Waals surface area contributed by atoms with Crippen LogP contribution in [-0.4, -0.2) is 36.9 Å². The second-order valence-corrected chi connectivity index (χ2v) is 6.81. The Morgan fingerprint density at radius 2 is 2.12 bits per heavy atom. The highest BCUT2D eigenvalue weighted by Gasteiger charge is 2.21. The first-order chi connectivity index (χ1) is 11.5. The molecular weight excluding hydrogens is 306 g/mol. The molecule has 0 spiro atoms. The van der Waals surface area contributed by atoms with Crippen molar-refractivity contribution in [2.45, 2.75) is 39.2 Å². The third-order valence-electron chi connectivity index (χ3n) is 4.52. The maximum atomic E-state index is 12.1. The predicted molar refractivity (Wildman–Crippen MR) is 92.0 cm³/mol. The average molecular weight is 331 g/mol. The van der Waals surface area contributed by atoms with Crippen LogP contribution in [0.15, 0.2) is 22.8 Å². The molecule has 0 aliphatic heterocycles. The molecule has 2 N–H and O–H groups in total. The van der Waals surface area contributed by atoms with Crippen molar-refractivity contribution < 1.29 is 19.1 Å². The summed E-state index contributed by atoms with van der Waals surface area (Å²) in [7, 11) is 0. The van der Waals surface area contributed by atoms with Gasteiger partial charge in [-0.1, -0.05) is 0 Å². The molecule has 1 saturated carbocycles. The van der Waals surface area contributed by atoms with E-state index in [1.807, 2.05) is 19.9 Å². The smallest absolute Gasteiger partial charge is 0.224 e. The Bertz CT molecular complexity index is 717. The van der Waals surface area contributed by atoms with Crippen molar-refractivity contribution in [2.24, 2.45) is 5.92 Å². The summed E-state index contributed by atoms with van der Waals surface area (Å²) in [5, 5.41) is 13.6. The summed E-state index contributed by atoms with van der Waals surface area (Å²) in [5.74, 6) is 0.547. The van der Waals surface area contributed by atoms with Crippen molar-refractivity contribution in [2.75, 3.05) is 19.8 Å². The maximum Gasteiger partial charge on any atom is 0.224 e. The molecule has 1 heterocycles. The van der Waals surface area contributed by atoms with Gasteiger partial charge in [-0.05, 0) is 55.9 Å². The molecule has 24 heavy (non-hydrogen) atoms. The number of rotatable bonds is 8. The van der Waals surface area contributed by atoms with Gasteiger partial charge >= 0.3 is 0 Å². The summed E-state index contributed by atoms with van der Waals surface area (Å²) >= 11 is 0. The van der Waals surface area contributed by atoms with Gasteiger partial charge < -0.3 is 19.6 Å². The van der Waals surface area contributed by atoms with Crippen molar-refractivity contribution in [3.05, 3.63) is 35.1 Å². The highest BCUT2D eigenvalue weighted by atomic mass is 16.5. The summed E-state index contributed by atoms with van der Waals surface area (Å²) in [6.07, 6.45) is 3.66. The third kappa shape index (κ3) is 4.36. The monoisotopic (exact) mass is 331 g/mol. The Hall–Kier alpha value is -1.85. The largest absolute Gasteiger partial charge is 0.464 e. The first-order valence-electron chi connectivity index (χ1n) is 8.52. The molecule has 1 fully saturated rings. The molecule has 3 rings (SSSR count). The summed E-state index contributed by atoms with van der Waals surface area (Å²) < 4.78 is 11.0. The Morgan fingerprint density at radius 3 is 2.88 bits per heavy atom. The number of aliphatic hydroxyl groups is 1. The molecule has 1 unspecified atom stereocenters. The number of furan rings is 1. The molecule has 1 atom stereocenters. The van der Waals surface area contributed by atoms with Gasteiger partial charge in [0.25, 0.3) is 0 Å². The molecule has 0 saturated heterocycles. The van der Waals surface area contributed by atoms with Crippen LogP contribution in [-0.2, 0) is 16.0 Å². The Kier molecular flexibility index (Phi) is 5.21. The second kappa shape index (κ2) is 7.36. The van der Waals surface area contributed by atoms with E-state index < -0.39 is 6.10 Å². The molecule has 5 nitrogen and oxygen atoms in total. The normalized spacial score (nSPS) is 15.6. The molecule has 1 aliphatic carbocycles. The van der Waals surface area contributed by atoms with E-state index in [1.165, 1.54) is 24.0 Å². The second-order valence-electron chi connectivity index (χ2n) is 6.81. The van der Waals surface area contributed by atoms with Crippen molar-refractivity contribution in [1.82, 2.24) is 5.32 Å². The van der Waals surface area contributed by atoms with Crippen LogP contribution in [0, 0.1) is 19.8 Å². The number of ether oxygens (including phenoxy) is 1. The van der Waals surface area contributed by atoms with Crippen LogP contribution in [0.4, 0.5) is 0 Å². The topological polar surface area (TPSA) is 71.7 Å². The molecule has 1 amide bonds. The van der Waals surface area contributed by atoms with Crippen LogP contribution in [0.2, 0.25) is 0 Å². The fraction of sp³-hybridized carbons (Fsp3) is 0.526. The molecule has 2 aromatic rings. The Balaban J connectivity index is 1.48. The van der Waals surface area contributed by atoms with E-state index >= 15 is 0 Å². The minimum absolute atomic E-state index is 0.128. The number of hydrogen-bond acceptors (Lipinski definition) is 4. The third-order valence-corrected chi connectivity index (χ3v) is 4.52. The first kappa shape index (κ1) is 17.0. The summed E-state index contributed by atoms with van der Waals surface area (Å²) in [6, 6.07) is 4.05. The lowest BCUT2D eigenvalue weighted by Crippen LogP contribution is -2.35. The van der Waals surface area contributed by atoms with E-state index in [0.717, 1.165) is 16.5 Å². The minimum Gasteiger partial charge on any atom is -0.464 e. The fourth-order valence-electron chi connectivity index (χ4n) is 2.65. The number of aryl methyl sites for hydroxylation is 2. The van der Waals surface area contributed by atoms with Gasteiger partial charge in [-0.15, -0.1) is 0 Å². The minimum atomic E-state index is -0.668. The highest BCUT2D eigenvalue weighted by Crippen LogP contribution is 2.28. The number of nitrogens with one attached hydrogen (secondary N) is 1. The number of carbonyl (C=O) groups is 1. The number of benzene rings is 1. The van der Waals surface area contributed by atoms with E-state index in [0.29, 0.717) is 12.5 Å². The van der Waals surface area contributed by atoms with Gasteiger partial charge in [-0.3, -0.25) is 4.79 Å². The lowest BCUT2D eigenvalue weighted by Gasteiger charge is -2.12. The Morgan fingerprint density at radius 1 is 1.38 bits per heavy atom. The van der Waals surface area contributed by atoms with Crippen molar-refractivity contribution in [3.8, 4) is 0 Å². The standard InChI is InChI=1S/C19H25NO4/c1-12-5-17-15(10-24-18(17)6-13(12)2)7-19(22)20-8-16(21)11-23-9-14-3-4-14/h5-6,10,14,16,21H,3-4,7-9,11H2,1-2H3,(H,20,22). The van der Waals surface area contributed by atoms with Gasteiger partial charge in [0.15, 0.2) is 0 Å². The van der Waals surface area contributed by atoms with Crippen LogP contribution in [0.3, 0.4) is 0 Å². The number of hydrogen-bond donors (Lipinski definition) is 2. The molecular formula is C19H25NO4. The maximum absolute atomic E-state index is 12.1. The van der Waals surface area contributed by atoms with Crippen LogP contribution < -0.4 is 5.32 Å². The molecule has 0 radical (unpaired) electrons. The lowest BCUT2D eigenvalue weighted by atomic mass is 10.0. The summed E-state index contributed by atoms with van der Waals surface area (Å²) in [4.78, 5) is 12.1. The molecule has 1 aromatic heterocycles. The molecule has 1 aliphatic rings. The van der Waals surface area contributed by atoms with Crippen molar-refractivity contribution in [1.29, 1.82) is 0 Å². The van der Waals surface area contributed by atoms with Crippen LogP contribution in [0.5, 0.6) is 0 Å². The van der Waals surface area contributed by atoms with Gasteiger partial charge in [-0.25, -0.2) is 0 Å². The van der Waals surface area contributed by atoms with Crippen LogP contribution in [0.25, 0.3) is 11.0 Å². The SMILES string of the molecule is Cc1cc2occ(CC(=O)NCC(O)COCC3CC3)c2cc1C. The quantitative estimate of drug-likeness (QED) is 0.779. The van der Waals surface area contributed by atoms with Gasteiger partial charge in [-0.2, -0.15) is 0 Å². The number of carbonyl (C=O) groups excluding carboxylic acids is 1. The first-order valence-corrected chi connectivity index (χ1v) is 8.52. The number of amides is 1. The predicted octanol–water partition coefficient (Wildman–Crippen LogP) is 2.50. The van der Waals surface area contributed by atoms with Gasteiger partial charge in [0.05, 0.1) is 25.4 Å². The summed E-state index contributed by atoms with van der Waals surface area (Å²) in [6.45, 7) is 5.27. The van der Waals surface area contributed by atoms with Crippen LogP contribution >= 0.6 is 0 Å². The van der Waals surface area contributed by atoms with E-state index in [9.17, 15) is 9.90 Å². The fourth-order valence-corrected chi connectivity index (χ4v) is 2.65. The van der Waals surface area contributed by atoms with E-state index in [4.69, 9.17) is 9.15 Å². The van der Waals surface area contributed by atoms with Gasteiger partial charge in [0.2, 0.25) is 5.91 Å². The average Bonchev–Trinajstić information content (AvgIpc) is 3.30. The van der Waals surface area contributed by atoms with Crippen molar-refractivity contribution >= 4 is 16.9 Å². The lowest BCUT2D eigenvalue weighted by molar-refractivity contribution is -0.121. The zero-order chi connectivity index (χ0) is 17.1. The molecule has 1 aromatic carbocycles. The number of fused-ring (bicyclic) bond motifs is 1. The van der Waals surface area contributed by atoms with Crippen LogP contribution in [0.1, 0.15) is 29.5 Å². The zero-order valence-electron chi connectivity index (χ0n) is 14.3. The highest BCUT2D eigenvalue weighted by molar-refractivity contribution is 5.88. The molecule has 130 valence electrons. The molecule has 0 bridgehead atoms. The summed E-state index contributed by atoms with van der Waals surface area (Å²) in [5.41, 5.74) is 4.01. The zero-order valence-corrected chi connectivity index (χ0v) is 14.3. The Labute approximate surface area is 142 Å². The van der Waals surface area contributed by atoms with Gasteiger partial charge in [0, 0.05) is 24.1 Å².